The van der Waals surface area contributed by atoms with Gasteiger partial charge < -0.3 is 20.1 Å². The lowest BCUT2D eigenvalue weighted by Crippen LogP contribution is -2.39. The van der Waals surface area contributed by atoms with Gasteiger partial charge in [0, 0.05) is 24.2 Å². The molecule has 0 heterocycles. The maximum atomic E-state index is 11.8. The topological polar surface area (TPSA) is 59.6 Å². The van der Waals surface area contributed by atoms with Crippen molar-refractivity contribution < 1.29 is 14.3 Å². The van der Waals surface area contributed by atoms with E-state index in [2.05, 4.69) is 10.6 Å². The number of carbonyl (C=O) groups excluding carboxylic acids is 1. The first-order valence-corrected chi connectivity index (χ1v) is 8.05. The summed E-state index contributed by atoms with van der Waals surface area (Å²) in [6.07, 6.45) is -0.301. The van der Waals surface area contributed by atoms with Crippen molar-refractivity contribution in [1.29, 1.82) is 0 Å². The smallest absolute Gasteiger partial charge is 0.315 e. The highest BCUT2D eigenvalue weighted by molar-refractivity contribution is 6.31. The van der Waals surface area contributed by atoms with E-state index in [1.807, 2.05) is 48.5 Å². The van der Waals surface area contributed by atoms with Crippen LogP contribution in [-0.4, -0.2) is 32.8 Å². The Morgan fingerprint density at radius 1 is 1.08 bits per heavy atom. The number of halogens is 1. The van der Waals surface area contributed by atoms with Crippen LogP contribution in [0.3, 0.4) is 0 Å². The summed E-state index contributed by atoms with van der Waals surface area (Å²) in [7, 11) is 1.58. The minimum absolute atomic E-state index is 0.277. The summed E-state index contributed by atoms with van der Waals surface area (Å²) in [5.74, 6) is 0.776. The molecule has 2 aromatic carbocycles. The first-order chi connectivity index (χ1) is 11.7. The molecule has 5 nitrogen and oxygen atoms in total. The monoisotopic (exact) mass is 348 g/mol. The lowest BCUT2D eigenvalue weighted by molar-refractivity contribution is 0.104. The molecule has 24 heavy (non-hydrogen) atoms. The third-order valence-electron chi connectivity index (χ3n) is 3.38. The Kier molecular flexibility index (Phi) is 7.39. The number of methoxy groups -OCH3 is 1. The van der Waals surface area contributed by atoms with E-state index in [1.54, 1.807) is 13.2 Å². The van der Waals surface area contributed by atoms with Crippen LogP contribution in [0.1, 0.15) is 11.7 Å². The molecule has 0 saturated heterocycles. The number of rotatable bonds is 8. The summed E-state index contributed by atoms with van der Waals surface area (Å²) < 4.78 is 10.9. The normalized spacial score (nSPS) is 11.6. The van der Waals surface area contributed by atoms with E-state index in [9.17, 15) is 4.79 Å². The molecule has 0 spiro atoms. The van der Waals surface area contributed by atoms with Crippen molar-refractivity contribution in [2.45, 2.75) is 6.10 Å². The number of carbonyl (C=O) groups is 1. The highest BCUT2D eigenvalue weighted by Gasteiger charge is 2.14. The van der Waals surface area contributed by atoms with Crippen molar-refractivity contribution in [3.8, 4) is 5.75 Å². The van der Waals surface area contributed by atoms with Gasteiger partial charge in [-0.3, -0.25) is 0 Å². The largest absolute Gasteiger partial charge is 0.492 e. The number of hydrogen-bond acceptors (Lipinski definition) is 3. The SMILES string of the molecule is COC(CNC(=O)NCCOc1ccccc1)c1ccccc1Cl. The predicted molar refractivity (Wildman–Crippen MR) is 94.5 cm³/mol. The van der Waals surface area contributed by atoms with Crippen molar-refractivity contribution in [2.24, 2.45) is 0 Å². The average Bonchev–Trinajstić information content (AvgIpc) is 2.61. The van der Waals surface area contributed by atoms with Gasteiger partial charge in [-0.05, 0) is 18.2 Å². The van der Waals surface area contributed by atoms with E-state index in [-0.39, 0.29) is 12.1 Å². The lowest BCUT2D eigenvalue weighted by atomic mass is 10.1. The molecule has 0 saturated carbocycles. The van der Waals surface area contributed by atoms with E-state index >= 15 is 0 Å². The van der Waals surface area contributed by atoms with Crippen LogP contribution in [0.25, 0.3) is 0 Å². The maximum absolute atomic E-state index is 11.8. The molecule has 1 unspecified atom stereocenters. The Labute approximate surface area is 146 Å². The predicted octanol–water partition coefficient (Wildman–Crippen LogP) is 3.41. The zero-order valence-electron chi connectivity index (χ0n) is 13.5. The summed E-state index contributed by atoms with van der Waals surface area (Å²) in [5, 5.41) is 6.12. The van der Waals surface area contributed by atoms with E-state index in [0.717, 1.165) is 11.3 Å². The van der Waals surface area contributed by atoms with Crippen LogP contribution in [0.4, 0.5) is 4.79 Å². The molecule has 0 fully saturated rings. The minimum Gasteiger partial charge on any atom is -0.492 e. The molecule has 0 aliphatic heterocycles. The Morgan fingerprint density at radius 3 is 2.50 bits per heavy atom. The Morgan fingerprint density at radius 2 is 1.79 bits per heavy atom. The van der Waals surface area contributed by atoms with Crippen LogP contribution in [-0.2, 0) is 4.74 Å². The average molecular weight is 349 g/mol. The van der Waals surface area contributed by atoms with E-state index in [4.69, 9.17) is 21.1 Å². The Balaban J connectivity index is 1.69. The lowest BCUT2D eigenvalue weighted by Gasteiger charge is -2.18. The van der Waals surface area contributed by atoms with E-state index < -0.39 is 0 Å². The first-order valence-electron chi connectivity index (χ1n) is 7.67. The number of ether oxygens (including phenoxy) is 2. The second-order valence-electron chi connectivity index (χ2n) is 5.04. The van der Waals surface area contributed by atoms with Crippen LogP contribution < -0.4 is 15.4 Å². The van der Waals surface area contributed by atoms with Gasteiger partial charge in [0.1, 0.15) is 18.5 Å². The number of amides is 2. The summed E-state index contributed by atoms with van der Waals surface area (Å²) in [4.78, 5) is 11.8. The van der Waals surface area contributed by atoms with Crippen molar-refractivity contribution in [3.63, 3.8) is 0 Å². The van der Waals surface area contributed by atoms with E-state index in [1.165, 1.54) is 0 Å². The van der Waals surface area contributed by atoms with Gasteiger partial charge in [-0.25, -0.2) is 4.79 Å². The fraction of sp³-hybridized carbons (Fsp3) is 0.278. The second kappa shape index (κ2) is 9.80. The van der Waals surface area contributed by atoms with Crippen LogP contribution in [0.2, 0.25) is 5.02 Å². The number of benzene rings is 2. The number of para-hydroxylation sites is 1. The third kappa shape index (κ3) is 5.76. The number of urea groups is 1. The molecule has 2 amide bonds. The molecule has 1 atom stereocenters. The Bertz CT molecular complexity index is 637. The summed E-state index contributed by atoms with van der Waals surface area (Å²) >= 11 is 6.15. The maximum Gasteiger partial charge on any atom is 0.315 e. The van der Waals surface area contributed by atoms with Crippen LogP contribution in [0.15, 0.2) is 54.6 Å². The number of hydrogen-bond donors (Lipinski definition) is 2. The summed E-state index contributed by atoms with van der Waals surface area (Å²) in [6.45, 7) is 1.13. The molecule has 2 rings (SSSR count). The number of nitrogens with one attached hydrogen (secondary N) is 2. The van der Waals surface area contributed by atoms with Gasteiger partial charge >= 0.3 is 6.03 Å². The highest BCUT2D eigenvalue weighted by atomic mass is 35.5. The summed E-state index contributed by atoms with van der Waals surface area (Å²) in [5.41, 5.74) is 0.842. The van der Waals surface area contributed by atoms with Crippen LogP contribution >= 0.6 is 11.6 Å². The molecule has 0 aromatic heterocycles. The van der Waals surface area contributed by atoms with Gasteiger partial charge in [-0.1, -0.05) is 48.0 Å². The molecule has 6 heteroatoms. The van der Waals surface area contributed by atoms with Gasteiger partial charge in [0.2, 0.25) is 0 Å². The third-order valence-corrected chi connectivity index (χ3v) is 3.73. The van der Waals surface area contributed by atoms with Gasteiger partial charge in [0.25, 0.3) is 0 Å². The molecule has 128 valence electrons. The quantitative estimate of drug-likeness (QED) is 0.719. The Hall–Kier alpha value is -2.24. The zero-order chi connectivity index (χ0) is 17.2. The van der Waals surface area contributed by atoms with Crippen molar-refractivity contribution in [1.82, 2.24) is 10.6 Å². The van der Waals surface area contributed by atoms with Gasteiger partial charge in [-0.15, -0.1) is 0 Å². The first kappa shape index (κ1) is 18.1. The molecule has 2 N–H and O–H groups in total. The minimum atomic E-state index is -0.301. The summed E-state index contributed by atoms with van der Waals surface area (Å²) in [6, 6.07) is 16.6. The molecule has 0 radical (unpaired) electrons. The zero-order valence-corrected chi connectivity index (χ0v) is 14.3. The standard InChI is InChI=1S/C18H21ClN2O3/c1-23-17(15-9-5-6-10-16(15)19)13-21-18(22)20-11-12-24-14-7-3-2-4-8-14/h2-10,17H,11-13H2,1H3,(H2,20,21,22). The molecule has 0 bridgehead atoms. The molecular formula is C18H21ClN2O3. The van der Waals surface area contributed by atoms with Crippen LogP contribution in [0.5, 0.6) is 5.75 Å². The highest BCUT2D eigenvalue weighted by Crippen LogP contribution is 2.24. The van der Waals surface area contributed by atoms with Gasteiger partial charge in [0.15, 0.2) is 0 Å². The molecule has 0 aliphatic carbocycles. The van der Waals surface area contributed by atoms with Crippen molar-refractivity contribution >= 4 is 17.6 Å². The van der Waals surface area contributed by atoms with Crippen molar-refractivity contribution in [2.75, 3.05) is 26.8 Å². The fourth-order valence-corrected chi connectivity index (χ4v) is 2.41. The van der Waals surface area contributed by atoms with Crippen molar-refractivity contribution in [3.05, 3.63) is 65.2 Å². The van der Waals surface area contributed by atoms with Gasteiger partial charge in [-0.2, -0.15) is 0 Å². The molecule has 0 aliphatic rings. The fourth-order valence-electron chi connectivity index (χ4n) is 2.15. The molecular weight excluding hydrogens is 328 g/mol. The van der Waals surface area contributed by atoms with Crippen LogP contribution in [0, 0.1) is 0 Å². The molecule has 2 aromatic rings. The second-order valence-corrected chi connectivity index (χ2v) is 5.45. The van der Waals surface area contributed by atoms with Gasteiger partial charge in [0.05, 0.1) is 6.54 Å². The van der Waals surface area contributed by atoms with E-state index in [0.29, 0.717) is 24.7 Å².